The maximum absolute atomic E-state index is 8.94. The van der Waals surface area contributed by atoms with Crippen LogP contribution in [-0.2, 0) is 6.42 Å². The molecule has 2 rings (SSSR count). The van der Waals surface area contributed by atoms with Gasteiger partial charge in [-0.05, 0) is 42.9 Å². The summed E-state index contributed by atoms with van der Waals surface area (Å²) in [5, 5.41) is 17.9. The van der Waals surface area contributed by atoms with E-state index in [2.05, 4.69) is 18.2 Å². The molecule has 1 aromatic rings. The first kappa shape index (κ1) is 10.5. The molecule has 0 saturated carbocycles. The predicted molar refractivity (Wildman–Crippen MR) is 62.3 cm³/mol. The molecule has 0 spiro atoms. The van der Waals surface area contributed by atoms with E-state index in [1.807, 2.05) is 19.1 Å². The Balaban J connectivity index is 2.66. The van der Waals surface area contributed by atoms with Crippen LogP contribution in [-0.4, -0.2) is 0 Å². The molecule has 0 aliphatic heterocycles. The Morgan fingerprint density at radius 3 is 2.62 bits per heavy atom. The second kappa shape index (κ2) is 4.21. The van der Waals surface area contributed by atoms with E-state index in [-0.39, 0.29) is 5.57 Å². The molecule has 0 atom stereocenters. The van der Waals surface area contributed by atoms with E-state index in [4.69, 9.17) is 10.5 Å². The molecule has 0 radical (unpaired) electrons. The lowest BCUT2D eigenvalue weighted by Gasteiger charge is -2.19. The summed E-state index contributed by atoms with van der Waals surface area (Å²) >= 11 is 0. The van der Waals surface area contributed by atoms with Gasteiger partial charge in [-0.1, -0.05) is 23.8 Å². The Morgan fingerprint density at radius 2 is 1.94 bits per heavy atom. The SMILES string of the molecule is Cc1ccc2c(c1)C(=C(C#N)C#N)CCC2. The highest BCUT2D eigenvalue weighted by Crippen LogP contribution is 2.33. The third-order valence-electron chi connectivity index (χ3n) is 2.99. The maximum atomic E-state index is 8.94. The van der Waals surface area contributed by atoms with Crippen LogP contribution < -0.4 is 0 Å². The lowest BCUT2D eigenvalue weighted by molar-refractivity contribution is 0.820. The Morgan fingerprint density at radius 1 is 1.19 bits per heavy atom. The number of allylic oxidation sites excluding steroid dienone is 2. The van der Waals surface area contributed by atoms with Crippen molar-refractivity contribution in [3.63, 3.8) is 0 Å². The van der Waals surface area contributed by atoms with E-state index in [0.29, 0.717) is 0 Å². The van der Waals surface area contributed by atoms with E-state index in [1.165, 1.54) is 11.1 Å². The minimum absolute atomic E-state index is 0.270. The lowest BCUT2D eigenvalue weighted by Crippen LogP contribution is -2.03. The van der Waals surface area contributed by atoms with Crippen LogP contribution in [0, 0.1) is 29.6 Å². The smallest absolute Gasteiger partial charge is 0.133 e. The van der Waals surface area contributed by atoms with Crippen LogP contribution in [0.1, 0.15) is 29.5 Å². The average molecular weight is 208 g/mol. The van der Waals surface area contributed by atoms with Crippen LogP contribution in [0.3, 0.4) is 0 Å². The highest BCUT2D eigenvalue weighted by atomic mass is 14.3. The maximum Gasteiger partial charge on any atom is 0.133 e. The average Bonchev–Trinajstić information content (AvgIpc) is 2.31. The van der Waals surface area contributed by atoms with Gasteiger partial charge in [0.05, 0.1) is 0 Å². The van der Waals surface area contributed by atoms with Gasteiger partial charge < -0.3 is 0 Å². The van der Waals surface area contributed by atoms with Crippen molar-refractivity contribution in [2.75, 3.05) is 0 Å². The third kappa shape index (κ3) is 1.71. The van der Waals surface area contributed by atoms with Gasteiger partial charge in [0.25, 0.3) is 0 Å². The molecule has 1 aromatic carbocycles. The summed E-state index contributed by atoms with van der Waals surface area (Å²) in [6.45, 7) is 2.03. The summed E-state index contributed by atoms with van der Waals surface area (Å²) in [6, 6.07) is 10.3. The van der Waals surface area contributed by atoms with Crippen LogP contribution in [0.2, 0.25) is 0 Å². The monoisotopic (exact) mass is 208 g/mol. The van der Waals surface area contributed by atoms with E-state index in [9.17, 15) is 0 Å². The zero-order valence-corrected chi connectivity index (χ0v) is 9.25. The van der Waals surface area contributed by atoms with Crippen molar-refractivity contribution >= 4 is 5.57 Å². The van der Waals surface area contributed by atoms with Gasteiger partial charge in [-0.3, -0.25) is 0 Å². The van der Waals surface area contributed by atoms with Crippen LogP contribution in [0.5, 0.6) is 0 Å². The van der Waals surface area contributed by atoms with Crippen LogP contribution >= 0.6 is 0 Å². The molecule has 0 amide bonds. The molecule has 0 N–H and O–H groups in total. The molecule has 0 aromatic heterocycles. The predicted octanol–water partition coefficient (Wildman–Crippen LogP) is 3.13. The van der Waals surface area contributed by atoms with Gasteiger partial charge in [0.15, 0.2) is 0 Å². The Hall–Kier alpha value is -2.06. The highest BCUT2D eigenvalue weighted by molar-refractivity contribution is 5.78. The Kier molecular flexibility index (Phi) is 2.75. The molecule has 0 bridgehead atoms. The van der Waals surface area contributed by atoms with Gasteiger partial charge in [-0.25, -0.2) is 0 Å². The van der Waals surface area contributed by atoms with Crippen molar-refractivity contribution in [1.82, 2.24) is 0 Å². The highest BCUT2D eigenvalue weighted by Gasteiger charge is 2.17. The van der Waals surface area contributed by atoms with Crippen LogP contribution in [0.4, 0.5) is 0 Å². The van der Waals surface area contributed by atoms with Crippen molar-refractivity contribution in [2.24, 2.45) is 0 Å². The fourth-order valence-corrected chi connectivity index (χ4v) is 2.20. The van der Waals surface area contributed by atoms with E-state index < -0.39 is 0 Å². The number of fused-ring (bicyclic) bond motifs is 1. The van der Waals surface area contributed by atoms with Gasteiger partial charge >= 0.3 is 0 Å². The van der Waals surface area contributed by atoms with Crippen LogP contribution in [0.15, 0.2) is 23.8 Å². The Labute approximate surface area is 95.4 Å². The fraction of sp³-hybridized carbons (Fsp3) is 0.286. The van der Waals surface area contributed by atoms with Gasteiger partial charge in [-0.15, -0.1) is 0 Å². The molecule has 2 heteroatoms. The second-order valence-electron chi connectivity index (χ2n) is 4.09. The van der Waals surface area contributed by atoms with Crippen LogP contribution in [0.25, 0.3) is 5.57 Å². The zero-order chi connectivity index (χ0) is 11.5. The van der Waals surface area contributed by atoms with E-state index >= 15 is 0 Å². The first-order valence-corrected chi connectivity index (χ1v) is 5.39. The largest absolute Gasteiger partial charge is 0.192 e. The molecule has 0 fully saturated rings. The molecule has 1 aliphatic rings. The van der Waals surface area contributed by atoms with Crippen molar-refractivity contribution in [2.45, 2.75) is 26.2 Å². The topological polar surface area (TPSA) is 47.6 Å². The molecule has 1 aliphatic carbocycles. The molecule has 2 nitrogen and oxygen atoms in total. The number of hydrogen-bond donors (Lipinski definition) is 0. The summed E-state index contributed by atoms with van der Waals surface area (Å²) < 4.78 is 0. The van der Waals surface area contributed by atoms with Gasteiger partial charge in [0, 0.05) is 0 Å². The number of hydrogen-bond acceptors (Lipinski definition) is 2. The summed E-state index contributed by atoms with van der Waals surface area (Å²) in [5.41, 5.74) is 4.73. The number of nitriles is 2. The number of benzene rings is 1. The summed E-state index contributed by atoms with van der Waals surface area (Å²) in [6.07, 6.45) is 2.91. The van der Waals surface area contributed by atoms with E-state index in [0.717, 1.165) is 30.4 Å². The quantitative estimate of drug-likeness (QED) is 0.615. The van der Waals surface area contributed by atoms with Gasteiger partial charge in [0.2, 0.25) is 0 Å². The van der Waals surface area contributed by atoms with Crippen molar-refractivity contribution in [3.8, 4) is 12.1 Å². The standard InChI is InChI=1S/C14H12N2/c1-10-5-6-11-3-2-4-13(14(11)7-10)12(8-15)9-16/h5-7H,2-4H2,1H3. The molecule has 0 unspecified atom stereocenters. The summed E-state index contributed by atoms with van der Waals surface area (Å²) in [7, 11) is 0. The van der Waals surface area contributed by atoms with Crippen molar-refractivity contribution in [1.29, 1.82) is 10.5 Å². The number of aryl methyl sites for hydroxylation is 2. The summed E-state index contributed by atoms with van der Waals surface area (Å²) in [5.74, 6) is 0. The minimum atomic E-state index is 0.270. The molecule has 16 heavy (non-hydrogen) atoms. The zero-order valence-electron chi connectivity index (χ0n) is 9.25. The minimum Gasteiger partial charge on any atom is -0.192 e. The summed E-state index contributed by atoms with van der Waals surface area (Å²) in [4.78, 5) is 0. The van der Waals surface area contributed by atoms with Gasteiger partial charge in [0.1, 0.15) is 17.7 Å². The normalized spacial score (nSPS) is 13.6. The number of nitrogens with zero attached hydrogens (tertiary/aromatic N) is 2. The molecule has 78 valence electrons. The lowest BCUT2D eigenvalue weighted by atomic mass is 9.84. The number of rotatable bonds is 0. The van der Waals surface area contributed by atoms with Crippen molar-refractivity contribution < 1.29 is 0 Å². The molecular formula is C14H12N2. The second-order valence-corrected chi connectivity index (χ2v) is 4.09. The van der Waals surface area contributed by atoms with Crippen molar-refractivity contribution in [3.05, 3.63) is 40.5 Å². The molecule has 0 saturated heterocycles. The molecular weight excluding hydrogens is 196 g/mol. The molecule has 0 heterocycles. The third-order valence-corrected chi connectivity index (χ3v) is 2.99. The van der Waals surface area contributed by atoms with E-state index in [1.54, 1.807) is 0 Å². The fourth-order valence-electron chi connectivity index (χ4n) is 2.20. The first-order chi connectivity index (χ1) is 7.76. The Bertz CT molecular complexity index is 523. The van der Waals surface area contributed by atoms with Gasteiger partial charge in [-0.2, -0.15) is 10.5 Å². The first-order valence-electron chi connectivity index (χ1n) is 5.39.